The largest absolute Gasteiger partial charge is 0.334 e. The fourth-order valence-corrected chi connectivity index (χ4v) is 3.63. The zero-order valence-electron chi connectivity index (χ0n) is 16.1. The number of hydrazone groups is 1. The third-order valence-corrected chi connectivity index (χ3v) is 5.40. The molecule has 4 rings (SSSR count). The Hall–Kier alpha value is -3.22. The predicted molar refractivity (Wildman–Crippen MR) is 117 cm³/mol. The summed E-state index contributed by atoms with van der Waals surface area (Å²) in [6.45, 7) is 0. The molecule has 0 saturated carbocycles. The van der Waals surface area contributed by atoms with Crippen LogP contribution >= 0.6 is 23.2 Å². The van der Waals surface area contributed by atoms with E-state index in [2.05, 4.69) is 10.7 Å². The van der Waals surface area contributed by atoms with Crippen molar-refractivity contribution in [1.29, 1.82) is 0 Å². The van der Waals surface area contributed by atoms with Gasteiger partial charge in [-0.2, -0.15) is 0 Å². The molecule has 0 spiro atoms. The second kappa shape index (κ2) is 8.88. The molecule has 2 atom stereocenters. The van der Waals surface area contributed by atoms with Gasteiger partial charge in [0.25, 0.3) is 5.91 Å². The molecule has 0 unspecified atom stereocenters. The molecule has 0 aromatic heterocycles. The van der Waals surface area contributed by atoms with E-state index in [0.717, 1.165) is 11.1 Å². The van der Waals surface area contributed by atoms with E-state index in [0.29, 0.717) is 10.0 Å². The molecule has 31 heavy (non-hydrogen) atoms. The quantitative estimate of drug-likeness (QED) is 0.579. The van der Waals surface area contributed by atoms with Gasteiger partial charge >= 0.3 is 5.91 Å². The van der Waals surface area contributed by atoms with E-state index in [1.807, 2.05) is 12.1 Å². The number of nitrogens with one attached hydrogen (secondary N) is 2. The molecule has 8 heteroatoms. The van der Waals surface area contributed by atoms with E-state index >= 15 is 0 Å². The Morgan fingerprint density at radius 1 is 0.935 bits per heavy atom. The van der Waals surface area contributed by atoms with Crippen LogP contribution in [0.25, 0.3) is 0 Å². The first-order chi connectivity index (χ1) is 14.9. The van der Waals surface area contributed by atoms with Gasteiger partial charge in [-0.15, -0.1) is 10.1 Å². The summed E-state index contributed by atoms with van der Waals surface area (Å²) in [6.07, 6.45) is 1.76. The van der Waals surface area contributed by atoms with Crippen molar-refractivity contribution in [2.45, 2.75) is 12.1 Å². The Balaban J connectivity index is 1.69. The highest BCUT2D eigenvalue weighted by molar-refractivity contribution is 6.30. The van der Waals surface area contributed by atoms with Crippen molar-refractivity contribution < 1.29 is 18.7 Å². The first-order valence-corrected chi connectivity index (χ1v) is 10.2. The zero-order valence-corrected chi connectivity index (χ0v) is 17.6. The van der Waals surface area contributed by atoms with Crippen LogP contribution in [0.1, 0.15) is 27.5 Å². The molecule has 0 radical (unpaired) electrons. The van der Waals surface area contributed by atoms with E-state index in [1.165, 1.54) is 24.3 Å². The smallest absolute Gasteiger partial charge is 0.304 e. The summed E-state index contributed by atoms with van der Waals surface area (Å²) in [6, 6.07) is 17.9. The normalized spacial score (nSPS) is 19.3. The van der Waals surface area contributed by atoms with Gasteiger partial charge in [0.2, 0.25) is 12.3 Å². The SMILES string of the molecule is O=C(N[C@@H]1C(=O)N/[N+](=C\c2ccc(Cl)cc2)[C@@H]1c1ccc(Cl)cc1)c1ccc(F)cc1. The average molecular weight is 457 g/mol. The third-order valence-electron chi connectivity index (χ3n) is 4.90. The van der Waals surface area contributed by atoms with Crippen LogP contribution in [0.4, 0.5) is 4.39 Å². The van der Waals surface area contributed by atoms with E-state index in [-0.39, 0.29) is 11.5 Å². The maximum Gasteiger partial charge on any atom is 0.304 e. The molecule has 1 aliphatic rings. The molecule has 1 heterocycles. The molecule has 2 N–H and O–H groups in total. The Morgan fingerprint density at radius 2 is 1.52 bits per heavy atom. The van der Waals surface area contributed by atoms with Gasteiger partial charge in [0, 0.05) is 26.7 Å². The van der Waals surface area contributed by atoms with Crippen LogP contribution in [0, 0.1) is 5.82 Å². The second-order valence-corrected chi connectivity index (χ2v) is 7.89. The summed E-state index contributed by atoms with van der Waals surface area (Å²) < 4.78 is 14.8. The number of halogens is 3. The second-order valence-electron chi connectivity index (χ2n) is 7.02. The maximum absolute atomic E-state index is 13.2. The van der Waals surface area contributed by atoms with Crippen LogP contribution in [0.2, 0.25) is 10.0 Å². The Morgan fingerprint density at radius 3 is 2.13 bits per heavy atom. The highest BCUT2D eigenvalue weighted by atomic mass is 35.5. The van der Waals surface area contributed by atoms with Crippen molar-refractivity contribution in [3.63, 3.8) is 0 Å². The Kier molecular flexibility index (Phi) is 6.02. The molecule has 3 aromatic rings. The zero-order chi connectivity index (χ0) is 22.0. The number of hydrogen-bond acceptors (Lipinski definition) is 2. The molecule has 156 valence electrons. The van der Waals surface area contributed by atoms with E-state index in [9.17, 15) is 14.0 Å². The molecular formula is C23H17Cl2FN3O2+. The van der Waals surface area contributed by atoms with E-state index in [4.69, 9.17) is 23.2 Å². The first kappa shape index (κ1) is 21.0. The Labute approximate surface area is 188 Å². The lowest BCUT2D eigenvalue weighted by Gasteiger charge is -2.15. The van der Waals surface area contributed by atoms with Gasteiger partial charge in [-0.25, -0.2) is 4.39 Å². The molecule has 0 aliphatic carbocycles. The topological polar surface area (TPSA) is 61.2 Å². The van der Waals surface area contributed by atoms with Gasteiger partial charge in [0.1, 0.15) is 5.82 Å². The standard InChI is InChI=1S/C23H16Cl2FN3O2/c24-17-7-1-14(2-8-17)13-29-21(15-3-9-18(25)10-4-15)20(23(31)28-29)27-22(30)16-5-11-19(26)12-6-16/h1-13,20-21H,(H-,27,28,30,31)/p+1/b29-13-/t20-,21+/m0/s1. The van der Waals surface area contributed by atoms with Crippen molar-refractivity contribution in [1.82, 2.24) is 10.7 Å². The van der Waals surface area contributed by atoms with Crippen LogP contribution in [0.3, 0.4) is 0 Å². The number of hydrazine groups is 1. The third kappa shape index (κ3) is 4.76. The summed E-state index contributed by atoms with van der Waals surface area (Å²) in [5.41, 5.74) is 4.64. The van der Waals surface area contributed by atoms with Gasteiger partial charge in [0.15, 0.2) is 6.04 Å². The minimum Gasteiger partial charge on any atom is -0.334 e. The fraction of sp³-hybridized carbons (Fsp3) is 0.0870. The molecular weight excluding hydrogens is 440 g/mol. The van der Waals surface area contributed by atoms with Crippen molar-refractivity contribution in [2.75, 3.05) is 0 Å². The number of nitrogens with zero attached hydrogens (tertiary/aromatic N) is 1. The molecule has 2 amide bonds. The number of carbonyl (C=O) groups is 2. The summed E-state index contributed by atoms with van der Waals surface area (Å²) in [5, 5.41) is 3.92. The summed E-state index contributed by atoms with van der Waals surface area (Å²) in [5.74, 6) is -1.30. The minimum atomic E-state index is -0.887. The average Bonchev–Trinajstić information content (AvgIpc) is 3.05. The van der Waals surface area contributed by atoms with Gasteiger partial charge in [-0.05, 0) is 60.7 Å². The lowest BCUT2D eigenvalue weighted by molar-refractivity contribution is -0.596. The number of benzene rings is 3. The lowest BCUT2D eigenvalue weighted by atomic mass is 10.00. The number of amides is 2. The molecule has 5 nitrogen and oxygen atoms in total. The van der Waals surface area contributed by atoms with Gasteiger partial charge in [0.05, 0.1) is 0 Å². The van der Waals surface area contributed by atoms with Crippen LogP contribution in [-0.2, 0) is 4.79 Å². The number of hydrogen-bond donors (Lipinski definition) is 2. The van der Waals surface area contributed by atoms with Crippen LogP contribution in [-0.4, -0.2) is 28.8 Å². The number of rotatable bonds is 4. The lowest BCUT2D eigenvalue weighted by Crippen LogP contribution is -2.42. The van der Waals surface area contributed by atoms with Gasteiger partial charge in [-0.1, -0.05) is 35.3 Å². The van der Waals surface area contributed by atoms with Crippen LogP contribution in [0.5, 0.6) is 0 Å². The van der Waals surface area contributed by atoms with Crippen molar-refractivity contribution in [2.24, 2.45) is 0 Å². The highest BCUT2D eigenvalue weighted by Gasteiger charge is 2.47. The first-order valence-electron chi connectivity index (χ1n) is 9.42. The van der Waals surface area contributed by atoms with E-state index in [1.54, 1.807) is 47.3 Å². The highest BCUT2D eigenvalue weighted by Crippen LogP contribution is 2.27. The van der Waals surface area contributed by atoms with Crippen molar-refractivity contribution in [3.05, 3.63) is 105 Å². The molecule has 0 bridgehead atoms. The minimum absolute atomic E-state index is 0.254. The number of carbonyl (C=O) groups excluding carboxylic acids is 2. The maximum atomic E-state index is 13.2. The molecule has 1 aliphatic heterocycles. The summed E-state index contributed by atoms with van der Waals surface area (Å²) >= 11 is 12.0. The van der Waals surface area contributed by atoms with E-state index < -0.39 is 23.8 Å². The monoisotopic (exact) mass is 456 g/mol. The molecule has 3 aromatic carbocycles. The predicted octanol–water partition coefficient (Wildman–Crippen LogP) is 4.15. The molecule has 1 saturated heterocycles. The van der Waals surface area contributed by atoms with Gasteiger partial charge in [-0.3, -0.25) is 9.59 Å². The Bertz CT molecular complexity index is 1150. The molecule has 1 fully saturated rings. The van der Waals surface area contributed by atoms with Crippen LogP contribution < -0.4 is 10.7 Å². The summed E-state index contributed by atoms with van der Waals surface area (Å²) in [4.78, 5) is 25.5. The fourth-order valence-electron chi connectivity index (χ4n) is 3.38. The summed E-state index contributed by atoms with van der Waals surface area (Å²) in [7, 11) is 0. The van der Waals surface area contributed by atoms with Crippen molar-refractivity contribution >= 4 is 41.2 Å². The van der Waals surface area contributed by atoms with Gasteiger partial charge < -0.3 is 5.32 Å². The van der Waals surface area contributed by atoms with Crippen LogP contribution in [0.15, 0.2) is 72.8 Å². The van der Waals surface area contributed by atoms with Crippen molar-refractivity contribution in [3.8, 4) is 0 Å².